The van der Waals surface area contributed by atoms with E-state index in [1.54, 1.807) is 0 Å². The smallest absolute Gasteiger partial charge is 0.0789 e. The monoisotopic (exact) mass is 152 g/mol. The van der Waals surface area contributed by atoms with Gasteiger partial charge in [0.1, 0.15) is 0 Å². The van der Waals surface area contributed by atoms with E-state index in [2.05, 4.69) is 6.58 Å². The zero-order chi connectivity index (χ0) is 8.27. The third-order valence-electron chi connectivity index (χ3n) is 2.28. The van der Waals surface area contributed by atoms with Gasteiger partial charge >= 0.3 is 0 Å². The van der Waals surface area contributed by atoms with Crippen molar-refractivity contribution in [3.63, 3.8) is 0 Å². The molecule has 0 aliphatic heterocycles. The molecule has 0 aromatic rings. The van der Waals surface area contributed by atoms with Crippen molar-refractivity contribution >= 4 is 0 Å². The van der Waals surface area contributed by atoms with Gasteiger partial charge in [0.25, 0.3) is 0 Å². The maximum absolute atomic E-state index is 9.59. The molecule has 11 heavy (non-hydrogen) atoms. The third-order valence-corrected chi connectivity index (χ3v) is 2.28. The van der Waals surface area contributed by atoms with Crippen LogP contribution in [0.3, 0.4) is 0 Å². The average Bonchev–Trinajstić information content (AvgIpc) is 2.12. The molecular weight excluding hydrogens is 136 g/mol. The molecule has 0 bridgehead atoms. The van der Waals surface area contributed by atoms with Crippen LogP contribution in [0.2, 0.25) is 0 Å². The average molecular weight is 152 g/mol. The van der Waals surface area contributed by atoms with Crippen molar-refractivity contribution in [2.75, 3.05) is 0 Å². The molecule has 1 rings (SSSR count). The predicted molar refractivity (Wildman–Crippen MR) is 47.4 cm³/mol. The van der Waals surface area contributed by atoms with E-state index >= 15 is 0 Å². The van der Waals surface area contributed by atoms with Crippen molar-refractivity contribution in [3.05, 3.63) is 23.8 Å². The first kappa shape index (κ1) is 8.54. The normalized spacial score (nSPS) is 30.5. The molecule has 0 aromatic heterocycles. The van der Waals surface area contributed by atoms with E-state index in [0.29, 0.717) is 0 Å². The summed E-state index contributed by atoms with van der Waals surface area (Å²) >= 11 is 0. The number of rotatable bonds is 0. The number of hydrogen-bond donors (Lipinski definition) is 1. The van der Waals surface area contributed by atoms with Gasteiger partial charge in [-0.05, 0) is 37.3 Å². The Morgan fingerprint density at radius 3 is 2.91 bits per heavy atom. The fourth-order valence-corrected chi connectivity index (χ4v) is 1.61. The van der Waals surface area contributed by atoms with Crippen molar-refractivity contribution in [2.45, 2.75) is 38.7 Å². The Balaban J connectivity index is 2.75. The topological polar surface area (TPSA) is 20.2 Å². The Morgan fingerprint density at radius 1 is 1.55 bits per heavy atom. The lowest BCUT2D eigenvalue weighted by Crippen LogP contribution is -2.08. The summed E-state index contributed by atoms with van der Waals surface area (Å²) in [5.41, 5.74) is 2.18. The van der Waals surface area contributed by atoms with Crippen molar-refractivity contribution < 1.29 is 5.11 Å². The molecule has 1 saturated carbocycles. The van der Waals surface area contributed by atoms with Crippen LogP contribution in [-0.4, -0.2) is 11.2 Å². The summed E-state index contributed by atoms with van der Waals surface area (Å²) in [4.78, 5) is 0. The minimum Gasteiger partial charge on any atom is -0.388 e. The van der Waals surface area contributed by atoms with Crippen LogP contribution in [0.4, 0.5) is 0 Å². The third kappa shape index (κ3) is 1.93. The molecule has 1 aliphatic carbocycles. The Hall–Kier alpha value is -0.560. The van der Waals surface area contributed by atoms with Crippen LogP contribution in [0.5, 0.6) is 0 Å². The molecule has 0 heterocycles. The minimum absolute atomic E-state index is 0.255. The van der Waals surface area contributed by atoms with Gasteiger partial charge in [0.15, 0.2) is 0 Å². The number of hydrogen-bond acceptors (Lipinski definition) is 1. The molecule has 62 valence electrons. The molecule has 0 saturated heterocycles. The summed E-state index contributed by atoms with van der Waals surface area (Å²) in [6.07, 6.45) is 5.98. The lowest BCUT2D eigenvalue weighted by molar-refractivity contribution is 0.203. The van der Waals surface area contributed by atoms with Crippen LogP contribution in [0, 0.1) is 0 Å². The van der Waals surface area contributed by atoms with E-state index in [1.807, 2.05) is 13.0 Å². The van der Waals surface area contributed by atoms with Gasteiger partial charge in [0, 0.05) is 0 Å². The lowest BCUT2D eigenvalue weighted by atomic mass is 10.0. The van der Waals surface area contributed by atoms with Crippen molar-refractivity contribution in [2.24, 2.45) is 0 Å². The molecule has 1 fully saturated rings. The molecule has 0 amide bonds. The van der Waals surface area contributed by atoms with Gasteiger partial charge in [-0.2, -0.15) is 0 Å². The van der Waals surface area contributed by atoms with Crippen LogP contribution in [-0.2, 0) is 0 Å². The minimum atomic E-state index is -0.255. The van der Waals surface area contributed by atoms with Crippen LogP contribution >= 0.6 is 0 Å². The van der Waals surface area contributed by atoms with Crippen molar-refractivity contribution in [1.82, 2.24) is 0 Å². The van der Waals surface area contributed by atoms with Crippen LogP contribution in [0.25, 0.3) is 0 Å². The van der Waals surface area contributed by atoms with E-state index in [4.69, 9.17) is 0 Å². The first-order valence-corrected chi connectivity index (χ1v) is 4.28. The zero-order valence-electron chi connectivity index (χ0n) is 7.14. The summed E-state index contributed by atoms with van der Waals surface area (Å²) in [6.45, 7) is 5.92. The fraction of sp³-hybridized carbons (Fsp3) is 0.600. The van der Waals surface area contributed by atoms with Gasteiger partial charge in [-0.3, -0.25) is 0 Å². The van der Waals surface area contributed by atoms with Crippen molar-refractivity contribution in [1.29, 1.82) is 0 Å². The summed E-state index contributed by atoms with van der Waals surface area (Å²) in [5.74, 6) is 0. The Labute approximate surface area is 68.4 Å². The molecule has 1 heteroatoms. The SMILES string of the molecule is C=C1CCCC[C@H](O)/C1=C\C. The number of aliphatic hydroxyl groups is 1. The van der Waals surface area contributed by atoms with Crippen LogP contribution in [0.15, 0.2) is 23.8 Å². The van der Waals surface area contributed by atoms with Gasteiger partial charge in [-0.15, -0.1) is 0 Å². The molecular formula is C10H16O. The van der Waals surface area contributed by atoms with E-state index in [1.165, 1.54) is 6.42 Å². The molecule has 1 N–H and O–H groups in total. The highest BCUT2D eigenvalue weighted by molar-refractivity contribution is 5.31. The standard InChI is InChI=1S/C10H16O/c1-3-9-8(2)6-4-5-7-10(9)11/h3,10-11H,2,4-7H2,1H3/b9-3-/t10-/m0/s1. The lowest BCUT2D eigenvalue weighted by Gasteiger charge is -2.11. The maximum atomic E-state index is 9.59. The second-order valence-electron chi connectivity index (χ2n) is 3.11. The maximum Gasteiger partial charge on any atom is 0.0789 e. The zero-order valence-corrected chi connectivity index (χ0v) is 7.14. The second-order valence-corrected chi connectivity index (χ2v) is 3.11. The molecule has 0 radical (unpaired) electrons. The fourth-order valence-electron chi connectivity index (χ4n) is 1.61. The molecule has 1 aliphatic rings. The summed E-state index contributed by atoms with van der Waals surface area (Å²) < 4.78 is 0. The van der Waals surface area contributed by atoms with E-state index < -0.39 is 0 Å². The first-order valence-electron chi connectivity index (χ1n) is 4.28. The highest BCUT2D eigenvalue weighted by atomic mass is 16.3. The van der Waals surface area contributed by atoms with Gasteiger partial charge in [0.05, 0.1) is 6.10 Å². The van der Waals surface area contributed by atoms with Gasteiger partial charge in [-0.1, -0.05) is 19.1 Å². The van der Waals surface area contributed by atoms with Gasteiger partial charge in [-0.25, -0.2) is 0 Å². The van der Waals surface area contributed by atoms with Crippen LogP contribution < -0.4 is 0 Å². The van der Waals surface area contributed by atoms with E-state index in [0.717, 1.165) is 30.4 Å². The predicted octanol–water partition coefficient (Wildman–Crippen LogP) is 2.42. The van der Waals surface area contributed by atoms with Gasteiger partial charge < -0.3 is 5.11 Å². The van der Waals surface area contributed by atoms with Crippen molar-refractivity contribution in [3.8, 4) is 0 Å². The highest BCUT2D eigenvalue weighted by Gasteiger charge is 2.15. The summed E-state index contributed by atoms with van der Waals surface area (Å²) in [7, 11) is 0. The van der Waals surface area contributed by atoms with Gasteiger partial charge in [0.2, 0.25) is 0 Å². The Kier molecular flexibility index (Phi) is 2.89. The molecule has 0 spiro atoms. The molecule has 0 aromatic carbocycles. The molecule has 1 atom stereocenters. The quantitative estimate of drug-likeness (QED) is 0.528. The second kappa shape index (κ2) is 3.72. The van der Waals surface area contributed by atoms with E-state index in [9.17, 15) is 5.11 Å². The largest absolute Gasteiger partial charge is 0.388 e. The number of allylic oxidation sites excluding steroid dienone is 1. The summed E-state index contributed by atoms with van der Waals surface area (Å²) in [5, 5.41) is 9.59. The summed E-state index contributed by atoms with van der Waals surface area (Å²) in [6, 6.07) is 0. The Morgan fingerprint density at radius 2 is 2.27 bits per heavy atom. The molecule has 1 nitrogen and oxygen atoms in total. The van der Waals surface area contributed by atoms with Crippen LogP contribution in [0.1, 0.15) is 32.6 Å². The molecule has 0 unspecified atom stereocenters. The number of aliphatic hydroxyl groups excluding tert-OH is 1. The first-order chi connectivity index (χ1) is 5.25. The van der Waals surface area contributed by atoms with E-state index in [-0.39, 0.29) is 6.10 Å². The Bertz CT molecular complexity index is 179. The highest BCUT2D eigenvalue weighted by Crippen LogP contribution is 2.26.